The molecule has 0 atom stereocenters. The van der Waals surface area contributed by atoms with E-state index in [1.54, 1.807) is 6.08 Å². The van der Waals surface area contributed by atoms with Crippen LogP contribution < -0.4 is 0 Å². The van der Waals surface area contributed by atoms with Crippen LogP contribution in [0.1, 0.15) is 27.9 Å². The topological polar surface area (TPSA) is 38.7 Å². The Morgan fingerprint density at radius 2 is 1.07 bits per heavy atom. The summed E-state index contributed by atoms with van der Waals surface area (Å²) in [6.45, 7) is 3.96. The van der Waals surface area contributed by atoms with E-state index in [2.05, 4.69) is 152 Å². The highest BCUT2D eigenvalue weighted by atomic mass is 32.2. The molecule has 0 saturated heterocycles. The van der Waals surface area contributed by atoms with Gasteiger partial charge in [-0.1, -0.05) is 170 Å². The first kappa shape index (κ1) is 34.1. The Hall–Kier alpha value is -7.14. The third-order valence-corrected chi connectivity index (χ3v) is 12.6. The molecule has 2 aliphatic rings. The van der Waals surface area contributed by atoms with E-state index in [1.165, 1.54) is 43.2 Å². The third-order valence-electron chi connectivity index (χ3n) is 11.5. The van der Waals surface area contributed by atoms with Crippen LogP contribution >= 0.6 is 11.8 Å². The molecule has 272 valence electrons. The van der Waals surface area contributed by atoms with E-state index < -0.39 is 5.41 Å². The lowest BCUT2D eigenvalue weighted by Gasteiger charge is -2.39. The monoisotopic (exact) mass is 757 g/mol. The second kappa shape index (κ2) is 13.8. The van der Waals surface area contributed by atoms with Crippen LogP contribution in [0.4, 0.5) is 0 Å². The van der Waals surface area contributed by atoms with E-state index in [9.17, 15) is 0 Å². The van der Waals surface area contributed by atoms with Gasteiger partial charge in [-0.3, -0.25) is 0 Å². The van der Waals surface area contributed by atoms with Gasteiger partial charge in [0.15, 0.2) is 5.82 Å². The number of aromatic nitrogens is 3. The van der Waals surface area contributed by atoms with Crippen molar-refractivity contribution in [3.8, 4) is 56.3 Å². The maximum Gasteiger partial charge on any atom is 0.160 e. The summed E-state index contributed by atoms with van der Waals surface area (Å²) in [5.74, 6) is 0.690. The zero-order chi connectivity index (χ0) is 38.6. The smallest absolute Gasteiger partial charge is 0.160 e. The van der Waals surface area contributed by atoms with Gasteiger partial charge < -0.3 is 0 Å². The molecular formula is C54H35N3S. The quantitative estimate of drug-likeness (QED) is 0.158. The largest absolute Gasteiger partial charge is 0.248 e. The van der Waals surface area contributed by atoms with Gasteiger partial charge in [-0.25, -0.2) is 15.0 Å². The van der Waals surface area contributed by atoms with Crippen LogP contribution in [0.3, 0.4) is 0 Å². The highest BCUT2D eigenvalue weighted by Crippen LogP contribution is 2.62. The van der Waals surface area contributed by atoms with Crippen LogP contribution in [-0.4, -0.2) is 15.0 Å². The molecule has 4 heteroatoms. The van der Waals surface area contributed by atoms with Gasteiger partial charge in [0.2, 0.25) is 0 Å². The van der Waals surface area contributed by atoms with Gasteiger partial charge >= 0.3 is 0 Å². The molecule has 0 amide bonds. The van der Waals surface area contributed by atoms with Crippen LogP contribution in [0.2, 0.25) is 0 Å². The Kier molecular flexibility index (Phi) is 8.12. The lowest BCUT2D eigenvalue weighted by atomic mass is 9.67. The standard InChI is InChI=1S/C54H35N3S/c1-2-3-23-40-31-39-32-47-43(41-24-10-11-25-44(41)54(47)45-26-12-14-28-50(45)58-51-29-15-13-27-46(51)54)33-42(39)52(55-40)38-22-16-21-37(30-38)49-34-48(35-17-6-4-7-18-35)56-53(57-49)36-19-8-5-9-20-36/h2-34H,1H2/b23-3-. The van der Waals surface area contributed by atoms with Crippen LogP contribution in [-0.2, 0) is 5.41 Å². The normalized spacial score (nSPS) is 13.2. The molecule has 1 spiro atoms. The molecule has 11 rings (SSSR count). The van der Waals surface area contributed by atoms with Crippen molar-refractivity contribution in [3.63, 3.8) is 0 Å². The van der Waals surface area contributed by atoms with E-state index in [0.717, 1.165) is 55.8 Å². The maximum absolute atomic E-state index is 5.36. The second-order valence-corrected chi connectivity index (χ2v) is 15.9. The Bertz CT molecular complexity index is 3010. The van der Waals surface area contributed by atoms with Gasteiger partial charge in [0.05, 0.1) is 28.2 Å². The molecular weight excluding hydrogens is 723 g/mol. The molecule has 0 unspecified atom stereocenters. The summed E-state index contributed by atoms with van der Waals surface area (Å²) in [4.78, 5) is 18.1. The molecule has 0 bridgehead atoms. The lowest BCUT2D eigenvalue weighted by Crippen LogP contribution is -2.31. The molecule has 3 heterocycles. The molecule has 1 aliphatic carbocycles. The SMILES string of the molecule is C=C/C=C\c1cc2cc3c(cc2c(-c2cccc(-c4cc(-c5ccccc5)nc(-c5ccccc5)n4)c2)n1)-c1ccccc1C31c2ccccc2Sc2ccccc21. The Morgan fingerprint density at radius 1 is 0.466 bits per heavy atom. The zero-order valence-electron chi connectivity index (χ0n) is 31.5. The van der Waals surface area contributed by atoms with E-state index in [4.69, 9.17) is 15.0 Å². The molecule has 0 radical (unpaired) electrons. The minimum absolute atomic E-state index is 0.459. The Balaban J connectivity index is 1.15. The number of hydrogen-bond donors (Lipinski definition) is 0. The van der Waals surface area contributed by atoms with Crippen molar-refractivity contribution >= 4 is 28.6 Å². The van der Waals surface area contributed by atoms with Gasteiger partial charge in [-0.05, 0) is 87.3 Å². The van der Waals surface area contributed by atoms with E-state index >= 15 is 0 Å². The van der Waals surface area contributed by atoms with Crippen molar-refractivity contribution in [1.82, 2.24) is 15.0 Å². The second-order valence-electron chi connectivity index (χ2n) is 14.8. The fourth-order valence-corrected chi connectivity index (χ4v) is 10.2. The van der Waals surface area contributed by atoms with Crippen molar-refractivity contribution in [2.45, 2.75) is 15.2 Å². The number of nitrogens with zero attached hydrogens (tertiary/aromatic N) is 3. The number of hydrogen-bond acceptors (Lipinski definition) is 4. The van der Waals surface area contributed by atoms with E-state index in [-0.39, 0.29) is 0 Å². The minimum atomic E-state index is -0.459. The van der Waals surface area contributed by atoms with Crippen molar-refractivity contribution in [2.75, 3.05) is 0 Å². The molecule has 0 N–H and O–H groups in total. The summed E-state index contributed by atoms with van der Waals surface area (Å²) in [5, 5.41) is 2.24. The van der Waals surface area contributed by atoms with Crippen LogP contribution in [0.25, 0.3) is 73.1 Å². The first-order valence-electron chi connectivity index (χ1n) is 19.5. The fourth-order valence-electron chi connectivity index (χ4n) is 8.99. The summed E-state index contributed by atoms with van der Waals surface area (Å²) < 4.78 is 0. The van der Waals surface area contributed by atoms with Gasteiger partial charge in [0.25, 0.3) is 0 Å². The molecule has 7 aromatic carbocycles. The summed E-state index contributed by atoms with van der Waals surface area (Å²) in [5.41, 5.74) is 14.9. The highest BCUT2D eigenvalue weighted by Gasteiger charge is 2.50. The Morgan fingerprint density at radius 3 is 1.79 bits per heavy atom. The van der Waals surface area contributed by atoms with Crippen molar-refractivity contribution < 1.29 is 0 Å². The van der Waals surface area contributed by atoms with Crippen LogP contribution in [0, 0.1) is 0 Å². The van der Waals surface area contributed by atoms with Crippen LogP contribution in [0.15, 0.2) is 211 Å². The van der Waals surface area contributed by atoms with Gasteiger partial charge in [-0.15, -0.1) is 0 Å². The third kappa shape index (κ3) is 5.41. The summed E-state index contributed by atoms with van der Waals surface area (Å²) in [6.07, 6.45) is 5.81. The number of pyridine rings is 1. The number of rotatable bonds is 6. The first-order valence-corrected chi connectivity index (χ1v) is 20.4. The number of benzene rings is 7. The first-order chi connectivity index (χ1) is 28.7. The molecule has 0 fully saturated rings. The summed E-state index contributed by atoms with van der Waals surface area (Å²) in [6, 6.07) is 65.2. The van der Waals surface area contributed by atoms with Crippen molar-refractivity contribution in [3.05, 3.63) is 229 Å². The molecule has 9 aromatic rings. The number of allylic oxidation sites excluding steroid dienone is 2. The van der Waals surface area contributed by atoms with Gasteiger partial charge in [-0.2, -0.15) is 0 Å². The highest BCUT2D eigenvalue weighted by molar-refractivity contribution is 7.99. The van der Waals surface area contributed by atoms with E-state index in [0.29, 0.717) is 5.82 Å². The molecule has 0 saturated carbocycles. The molecule has 1 aliphatic heterocycles. The van der Waals surface area contributed by atoms with Gasteiger partial charge in [0, 0.05) is 37.4 Å². The molecule has 2 aromatic heterocycles. The fraction of sp³-hybridized carbons (Fsp3) is 0.0185. The van der Waals surface area contributed by atoms with Crippen LogP contribution in [0.5, 0.6) is 0 Å². The lowest BCUT2D eigenvalue weighted by molar-refractivity contribution is 0.723. The zero-order valence-corrected chi connectivity index (χ0v) is 32.3. The van der Waals surface area contributed by atoms with Crippen molar-refractivity contribution in [1.29, 1.82) is 0 Å². The average molecular weight is 758 g/mol. The predicted molar refractivity (Wildman–Crippen MR) is 240 cm³/mol. The average Bonchev–Trinajstić information content (AvgIpc) is 3.57. The predicted octanol–water partition coefficient (Wildman–Crippen LogP) is 13.7. The van der Waals surface area contributed by atoms with Gasteiger partial charge in [0.1, 0.15) is 0 Å². The molecule has 58 heavy (non-hydrogen) atoms. The Labute approximate surface area is 342 Å². The minimum Gasteiger partial charge on any atom is -0.248 e. The van der Waals surface area contributed by atoms with Crippen molar-refractivity contribution in [2.24, 2.45) is 0 Å². The maximum atomic E-state index is 5.36. The summed E-state index contributed by atoms with van der Waals surface area (Å²) in [7, 11) is 0. The molecule has 3 nitrogen and oxygen atoms in total. The van der Waals surface area contributed by atoms with E-state index in [1.807, 2.05) is 60.3 Å². The number of fused-ring (bicyclic) bond motifs is 10. The summed E-state index contributed by atoms with van der Waals surface area (Å²) >= 11 is 1.87.